The average molecular weight is 448 g/mol. The molecule has 0 fully saturated rings. The van der Waals surface area contributed by atoms with Crippen molar-refractivity contribution < 1.29 is 22.7 Å². The zero-order chi connectivity index (χ0) is 22.9. The van der Waals surface area contributed by atoms with Crippen LogP contribution in [0.3, 0.4) is 0 Å². The Morgan fingerprint density at radius 3 is 2.19 bits per heavy atom. The summed E-state index contributed by atoms with van der Waals surface area (Å²) in [5, 5.41) is 0. The molecular weight excluding hydrogens is 426 g/mol. The number of benzene rings is 3. The van der Waals surface area contributed by atoms with Crippen LogP contribution >= 0.6 is 0 Å². The highest BCUT2D eigenvalue weighted by atomic mass is 32.2. The van der Waals surface area contributed by atoms with Crippen LogP contribution in [0.1, 0.15) is 21.5 Å². The molecule has 3 aromatic carbocycles. The molecule has 0 saturated carbocycles. The lowest BCUT2D eigenvalue weighted by atomic mass is 9.95. The molecule has 32 heavy (non-hydrogen) atoms. The predicted molar refractivity (Wildman–Crippen MR) is 121 cm³/mol. The number of hydrogen-bond donors (Lipinski definition) is 0. The second-order valence-corrected chi connectivity index (χ2v) is 9.24. The van der Waals surface area contributed by atoms with Crippen LogP contribution in [0, 0.1) is 6.92 Å². The first kappa shape index (κ1) is 21.5. The Balaban J connectivity index is 1.84. The fourth-order valence-corrected chi connectivity index (χ4v) is 5.01. The van der Waals surface area contributed by atoms with E-state index in [0.29, 0.717) is 11.3 Å². The molecule has 0 radical (unpaired) electrons. The predicted octanol–water partition coefficient (Wildman–Crippen LogP) is 3.87. The summed E-state index contributed by atoms with van der Waals surface area (Å²) < 4.78 is 32.7. The maximum absolute atomic E-state index is 13.5. The van der Waals surface area contributed by atoms with Crippen LogP contribution < -0.4 is 4.74 Å². The highest BCUT2D eigenvalue weighted by Gasteiger charge is 2.42. The smallest absolute Gasteiger partial charge is 0.269 e. The Kier molecular flexibility index (Phi) is 5.67. The van der Waals surface area contributed by atoms with E-state index in [-0.39, 0.29) is 28.1 Å². The lowest BCUT2D eigenvalue weighted by molar-refractivity contribution is -0.119. The molecule has 0 aromatic heterocycles. The SMILES string of the molecule is COc1ccccc1C(=O)C1=C(c2ccccc2)C(=O)N(S(=O)(=O)c2ccc(C)cc2)C1. The van der Waals surface area contributed by atoms with Gasteiger partial charge in [-0.2, -0.15) is 0 Å². The number of methoxy groups -OCH3 is 1. The fraction of sp³-hybridized carbons (Fsp3) is 0.120. The van der Waals surface area contributed by atoms with E-state index in [1.54, 1.807) is 66.7 Å². The summed E-state index contributed by atoms with van der Waals surface area (Å²) in [6.07, 6.45) is 0. The van der Waals surface area contributed by atoms with Crippen LogP contribution in [0.5, 0.6) is 5.75 Å². The topological polar surface area (TPSA) is 80.8 Å². The number of carbonyl (C=O) groups excluding carboxylic acids is 2. The van der Waals surface area contributed by atoms with Crippen LogP contribution in [0.15, 0.2) is 89.3 Å². The highest BCUT2D eigenvalue weighted by Crippen LogP contribution is 2.35. The summed E-state index contributed by atoms with van der Waals surface area (Å²) in [6, 6.07) is 21.5. The van der Waals surface area contributed by atoms with Gasteiger partial charge in [-0.1, -0.05) is 60.2 Å². The molecule has 0 spiro atoms. The van der Waals surface area contributed by atoms with Crippen molar-refractivity contribution in [3.05, 3.63) is 101 Å². The Hall–Kier alpha value is -3.71. The first-order valence-corrected chi connectivity index (χ1v) is 11.4. The molecule has 0 unspecified atom stereocenters. The first-order valence-electron chi connectivity index (χ1n) is 9.94. The molecule has 0 bridgehead atoms. The molecule has 0 N–H and O–H groups in total. The Labute approximate surface area is 186 Å². The van der Waals surface area contributed by atoms with Crippen molar-refractivity contribution in [1.29, 1.82) is 0 Å². The van der Waals surface area contributed by atoms with Crippen molar-refractivity contribution >= 4 is 27.3 Å². The molecular formula is C25H21NO5S. The molecule has 1 heterocycles. The van der Waals surface area contributed by atoms with E-state index in [1.807, 2.05) is 6.92 Å². The third-order valence-corrected chi connectivity index (χ3v) is 7.08. The second kappa shape index (κ2) is 8.43. The lowest BCUT2D eigenvalue weighted by Crippen LogP contribution is -2.34. The minimum Gasteiger partial charge on any atom is -0.496 e. The van der Waals surface area contributed by atoms with E-state index < -0.39 is 21.7 Å². The summed E-state index contributed by atoms with van der Waals surface area (Å²) in [4.78, 5) is 26.9. The number of sulfonamides is 1. The van der Waals surface area contributed by atoms with Gasteiger partial charge in [0.05, 0.1) is 29.7 Å². The number of ether oxygens (including phenoxy) is 1. The average Bonchev–Trinajstić information content (AvgIpc) is 3.17. The second-order valence-electron chi connectivity index (χ2n) is 7.38. The molecule has 0 saturated heterocycles. The van der Waals surface area contributed by atoms with E-state index in [4.69, 9.17) is 4.74 Å². The van der Waals surface area contributed by atoms with Gasteiger partial charge in [0.25, 0.3) is 15.9 Å². The molecule has 0 aliphatic carbocycles. The van der Waals surface area contributed by atoms with E-state index in [2.05, 4.69) is 0 Å². The van der Waals surface area contributed by atoms with Crippen molar-refractivity contribution in [1.82, 2.24) is 4.31 Å². The number of ketones is 1. The molecule has 7 heteroatoms. The van der Waals surface area contributed by atoms with Gasteiger partial charge in [-0.05, 0) is 36.8 Å². The number of rotatable bonds is 6. The molecule has 1 amide bonds. The molecule has 3 aromatic rings. The molecule has 1 aliphatic rings. The van der Waals surface area contributed by atoms with Gasteiger partial charge in [0.15, 0.2) is 5.78 Å². The van der Waals surface area contributed by atoms with E-state index in [1.165, 1.54) is 19.2 Å². The van der Waals surface area contributed by atoms with Crippen LogP contribution in [0.25, 0.3) is 5.57 Å². The minimum atomic E-state index is -4.15. The number of aryl methyl sites for hydroxylation is 1. The van der Waals surface area contributed by atoms with Crippen molar-refractivity contribution in [2.75, 3.05) is 13.7 Å². The minimum absolute atomic E-state index is 0.00477. The Bertz CT molecular complexity index is 1330. The highest BCUT2D eigenvalue weighted by molar-refractivity contribution is 7.89. The maximum Gasteiger partial charge on any atom is 0.269 e. The van der Waals surface area contributed by atoms with E-state index >= 15 is 0 Å². The van der Waals surface area contributed by atoms with Gasteiger partial charge in [0, 0.05) is 5.57 Å². The van der Waals surface area contributed by atoms with Crippen molar-refractivity contribution in [2.24, 2.45) is 0 Å². The summed E-state index contributed by atoms with van der Waals surface area (Å²) >= 11 is 0. The summed E-state index contributed by atoms with van der Waals surface area (Å²) in [5.41, 5.74) is 1.84. The van der Waals surface area contributed by atoms with Crippen molar-refractivity contribution in [2.45, 2.75) is 11.8 Å². The van der Waals surface area contributed by atoms with Gasteiger partial charge in [0.1, 0.15) is 5.75 Å². The van der Waals surface area contributed by atoms with Crippen LogP contribution in [-0.2, 0) is 14.8 Å². The first-order chi connectivity index (χ1) is 15.3. The molecule has 4 rings (SSSR count). The van der Waals surface area contributed by atoms with Gasteiger partial charge in [-0.3, -0.25) is 9.59 Å². The summed E-state index contributed by atoms with van der Waals surface area (Å²) in [6.45, 7) is 1.49. The van der Waals surface area contributed by atoms with Gasteiger partial charge in [-0.25, -0.2) is 12.7 Å². The van der Waals surface area contributed by atoms with Gasteiger partial charge in [0.2, 0.25) is 0 Å². The number of amides is 1. The normalized spacial score (nSPS) is 14.1. The maximum atomic E-state index is 13.5. The Morgan fingerprint density at radius 2 is 1.53 bits per heavy atom. The molecule has 162 valence electrons. The number of Topliss-reactive ketones (excluding diaryl/α,β-unsaturated/α-hetero) is 1. The van der Waals surface area contributed by atoms with E-state index in [0.717, 1.165) is 9.87 Å². The third kappa shape index (κ3) is 3.71. The fourth-order valence-electron chi connectivity index (χ4n) is 3.66. The zero-order valence-corrected chi connectivity index (χ0v) is 18.4. The van der Waals surface area contributed by atoms with Crippen LogP contribution in [-0.4, -0.2) is 38.1 Å². The number of carbonyl (C=O) groups is 2. The quantitative estimate of drug-likeness (QED) is 0.536. The standard InChI is InChI=1S/C25H21NO5S/c1-17-12-14-19(15-13-17)32(29,30)26-16-21(23(25(26)28)18-8-4-3-5-9-18)24(27)20-10-6-7-11-22(20)31-2/h3-15H,16H2,1-2H3. The lowest BCUT2D eigenvalue weighted by Gasteiger charge is -2.17. The van der Waals surface area contributed by atoms with Gasteiger partial charge in [-0.15, -0.1) is 0 Å². The molecule has 6 nitrogen and oxygen atoms in total. The summed E-state index contributed by atoms with van der Waals surface area (Å²) in [7, 11) is -2.70. The van der Waals surface area contributed by atoms with Gasteiger partial charge < -0.3 is 4.74 Å². The molecule has 1 aliphatic heterocycles. The number of hydrogen-bond acceptors (Lipinski definition) is 5. The van der Waals surface area contributed by atoms with E-state index in [9.17, 15) is 18.0 Å². The monoisotopic (exact) mass is 447 g/mol. The Morgan fingerprint density at radius 1 is 0.906 bits per heavy atom. The van der Waals surface area contributed by atoms with Gasteiger partial charge >= 0.3 is 0 Å². The van der Waals surface area contributed by atoms with Crippen LogP contribution in [0.4, 0.5) is 0 Å². The zero-order valence-electron chi connectivity index (χ0n) is 17.6. The number of para-hydroxylation sites is 1. The summed E-state index contributed by atoms with van der Waals surface area (Å²) in [5.74, 6) is -0.823. The number of nitrogens with zero attached hydrogens (tertiary/aromatic N) is 1. The third-order valence-electron chi connectivity index (χ3n) is 5.34. The van der Waals surface area contributed by atoms with Crippen molar-refractivity contribution in [3.8, 4) is 5.75 Å². The van der Waals surface area contributed by atoms with Crippen LogP contribution in [0.2, 0.25) is 0 Å². The largest absolute Gasteiger partial charge is 0.496 e. The van der Waals surface area contributed by atoms with Crippen molar-refractivity contribution in [3.63, 3.8) is 0 Å². The molecule has 0 atom stereocenters.